The van der Waals surface area contributed by atoms with Crippen LogP contribution in [-0.2, 0) is 21.9 Å². The van der Waals surface area contributed by atoms with Gasteiger partial charge in [0.05, 0.1) is 35.4 Å². The number of primary amides is 2. The van der Waals surface area contributed by atoms with Crippen molar-refractivity contribution in [2.75, 3.05) is 70.8 Å². The zero-order valence-corrected chi connectivity index (χ0v) is 42.8. The summed E-state index contributed by atoms with van der Waals surface area (Å²) < 4.78 is 108. The summed E-state index contributed by atoms with van der Waals surface area (Å²) in [6.45, 7) is 11.9. The molecule has 0 bridgehead atoms. The summed E-state index contributed by atoms with van der Waals surface area (Å²) in [5, 5.41) is 9.28. The summed E-state index contributed by atoms with van der Waals surface area (Å²) in [5.74, 6) is -2.71. The smallest absolute Gasteiger partial charge is 0.399 e. The van der Waals surface area contributed by atoms with E-state index in [9.17, 15) is 44.7 Å². The second kappa shape index (κ2) is 21.5. The van der Waals surface area contributed by atoms with E-state index in [4.69, 9.17) is 28.8 Å². The molecule has 408 valence electrons. The number of nitrogen functional groups attached to an aromatic ring is 1. The van der Waals surface area contributed by atoms with Crippen molar-refractivity contribution in [1.29, 1.82) is 0 Å². The van der Waals surface area contributed by atoms with E-state index in [0.29, 0.717) is 12.1 Å². The molecule has 0 aliphatic carbocycles. The van der Waals surface area contributed by atoms with Crippen molar-refractivity contribution in [1.82, 2.24) is 29.7 Å². The van der Waals surface area contributed by atoms with Crippen molar-refractivity contribution >= 4 is 63.7 Å². The quantitative estimate of drug-likeness (QED) is 0.0500. The number of alkyl halides is 6. The third-order valence-corrected chi connectivity index (χ3v) is 15.4. The summed E-state index contributed by atoms with van der Waals surface area (Å²) in [4.78, 5) is 45.9. The highest BCUT2D eigenvalue weighted by Gasteiger charge is 2.45. The average Bonchev–Trinajstić information content (AvgIpc) is 3.97. The van der Waals surface area contributed by atoms with Crippen LogP contribution in [0.4, 0.5) is 75.5 Å². The van der Waals surface area contributed by atoms with Crippen molar-refractivity contribution in [2.24, 2.45) is 23.3 Å². The number of nitrogens with two attached hydrogens (primary N) is 3. The topological polar surface area (TPSA) is 213 Å². The molecule has 6 fully saturated rings. The van der Waals surface area contributed by atoms with Gasteiger partial charge in [0.25, 0.3) is 0 Å². The van der Waals surface area contributed by atoms with Crippen molar-refractivity contribution in [3.8, 4) is 0 Å². The molecular weight excluding hydrogens is 1020 g/mol. The number of fused-ring (bicyclic) bond motifs is 2. The molecule has 16 nitrogen and oxygen atoms in total. The van der Waals surface area contributed by atoms with Gasteiger partial charge in [-0.2, -0.15) is 36.3 Å². The first-order valence-electron chi connectivity index (χ1n) is 25.0. The van der Waals surface area contributed by atoms with Gasteiger partial charge in [-0.05, 0) is 140 Å². The third kappa shape index (κ3) is 12.8. The Morgan fingerprint density at radius 2 is 1.13 bits per heavy atom. The molecule has 4 aromatic rings. The summed E-state index contributed by atoms with van der Waals surface area (Å²) in [7, 11) is 0. The van der Waals surface area contributed by atoms with Crippen molar-refractivity contribution < 1.29 is 44.7 Å². The fourth-order valence-corrected chi connectivity index (χ4v) is 11.7. The number of aromatic nitrogens is 4. The Morgan fingerprint density at radius 3 is 1.61 bits per heavy atom. The number of benzene rings is 2. The molecule has 0 spiro atoms. The Bertz CT molecular complexity index is 2720. The van der Waals surface area contributed by atoms with E-state index < -0.39 is 52.8 Å². The molecule has 2 aromatic carbocycles. The molecule has 0 saturated carbocycles. The molecule has 4 atom stereocenters. The van der Waals surface area contributed by atoms with Gasteiger partial charge in [0, 0.05) is 84.2 Å². The fraction of sp³-hybridized carbons (Fsp3) is 0.560. The fourth-order valence-electron chi connectivity index (χ4n) is 11.6. The summed E-state index contributed by atoms with van der Waals surface area (Å²) in [5.41, 5.74) is 14.3. The minimum absolute atomic E-state index is 0.0138. The van der Waals surface area contributed by atoms with Crippen LogP contribution in [0.25, 0.3) is 0 Å². The molecule has 25 heteroatoms. The van der Waals surface area contributed by atoms with Gasteiger partial charge in [-0.15, -0.1) is 0 Å². The number of hydrogen-bond acceptors (Lipinski definition) is 14. The number of halogens is 9. The normalized spacial score (nSPS) is 23.5. The highest BCUT2D eigenvalue weighted by molar-refractivity contribution is 6.28. The molecule has 9 N–H and O–H groups in total. The molecule has 8 heterocycles. The second-order valence-electron chi connectivity index (χ2n) is 21.5. The number of piperidine rings is 2. The number of rotatable bonds is 10. The van der Waals surface area contributed by atoms with Gasteiger partial charge in [0.15, 0.2) is 23.3 Å². The van der Waals surface area contributed by atoms with E-state index in [1.165, 1.54) is 53.5 Å². The Morgan fingerprint density at radius 1 is 0.680 bits per heavy atom. The molecule has 6 aliphatic rings. The third-order valence-electron chi connectivity index (χ3n) is 15.2. The van der Waals surface area contributed by atoms with Gasteiger partial charge in [-0.25, -0.2) is 18.7 Å². The van der Waals surface area contributed by atoms with Gasteiger partial charge in [0.2, 0.25) is 23.0 Å². The maximum Gasteiger partial charge on any atom is 0.418 e. The van der Waals surface area contributed by atoms with E-state index in [1.54, 1.807) is 0 Å². The SMILES string of the molecule is CC1(C)C[C@H](Nc2nc(Cl)ncc2F)C[C@@H]2CCCN21.CC1(C)C[C@H](Nc2nc(Nc3ccc(N4CC(C(N)=O)C4)c(C(F)(F)F)c3)ncc2F)C[C@@H]2CCCN21.NC(=O)C1CN(c2ccc(N)cc2C(F)(F)F)C1. The molecule has 2 aromatic heterocycles. The van der Waals surface area contributed by atoms with Crippen LogP contribution in [0, 0.1) is 23.5 Å². The van der Waals surface area contributed by atoms with Crippen LogP contribution in [0.3, 0.4) is 0 Å². The van der Waals surface area contributed by atoms with Crippen LogP contribution >= 0.6 is 11.6 Å². The number of hydrogen-bond donors (Lipinski definition) is 6. The number of amides is 2. The lowest BCUT2D eigenvalue weighted by Crippen LogP contribution is -2.55. The number of nitrogens with one attached hydrogen (secondary N) is 3. The highest BCUT2D eigenvalue weighted by atomic mass is 35.5. The van der Waals surface area contributed by atoms with E-state index in [2.05, 4.69) is 73.4 Å². The molecule has 6 aliphatic heterocycles. The number of carbonyl (C=O) groups is 2. The second-order valence-corrected chi connectivity index (χ2v) is 21.9. The van der Waals surface area contributed by atoms with E-state index in [1.807, 2.05) is 0 Å². The van der Waals surface area contributed by atoms with Crippen LogP contribution in [0.5, 0.6) is 0 Å². The summed E-state index contributed by atoms with van der Waals surface area (Å²) in [6, 6.07) is 8.66. The zero-order valence-electron chi connectivity index (χ0n) is 42.0. The lowest BCUT2D eigenvalue weighted by atomic mass is 9.84. The molecular formula is C50H63ClF8N14O2. The minimum atomic E-state index is -4.62. The van der Waals surface area contributed by atoms with E-state index >= 15 is 0 Å². The van der Waals surface area contributed by atoms with Crippen molar-refractivity contribution in [3.05, 3.63) is 76.8 Å². The Kier molecular flexibility index (Phi) is 15.9. The van der Waals surface area contributed by atoms with Crippen LogP contribution in [0.1, 0.15) is 90.2 Å². The number of carbonyl (C=O) groups excluding carboxylic acids is 2. The summed E-state index contributed by atoms with van der Waals surface area (Å²) >= 11 is 5.74. The standard InChI is InChI=1S/C25H31F4N7O.C14H20ClFN4.C11H12F3N3O/c1-24(2)10-16(8-17-4-3-7-36(17)24)32-22-19(26)11-31-23(34-22)33-15-5-6-20(18(9-15)25(27,28)29)35-12-14(13-35)21(30)37;1-14(2)7-9(6-10-4-3-5-20(10)14)18-12-11(16)8-17-13(15)19-12;12-11(13,14)8-3-7(15)1-2-9(8)17-4-6(5-17)10(16)18/h5-6,9,11,14,16-17H,3-4,7-8,10,12-13H2,1-2H3,(H2,30,37)(H2,31,32,33,34);8-10H,3-7H2,1-2H3,(H,17,18,19);1-3,6H,4-5,15H2,(H2,16,18)/t16-,17+;9-,10+;/m11./s1. The maximum atomic E-state index is 14.6. The van der Waals surface area contributed by atoms with Gasteiger partial charge in [0.1, 0.15) is 0 Å². The summed E-state index contributed by atoms with van der Waals surface area (Å²) in [6.07, 6.45) is 1.49. The van der Waals surface area contributed by atoms with Crippen molar-refractivity contribution in [3.63, 3.8) is 0 Å². The van der Waals surface area contributed by atoms with Crippen LogP contribution in [0.2, 0.25) is 5.28 Å². The zero-order chi connectivity index (χ0) is 54.4. The monoisotopic (exact) mass is 1080 g/mol. The largest absolute Gasteiger partial charge is 0.418 e. The Balaban J connectivity index is 0.000000165. The van der Waals surface area contributed by atoms with E-state index in [0.717, 1.165) is 69.6 Å². The lowest BCUT2D eigenvalue weighted by molar-refractivity contribution is -0.138. The predicted molar refractivity (Wildman–Crippen MR) is 270 cm³/mol. The van der Waals surface area contributed by atoms with Crippen LogP contribution in [0.15, 0.2) is 48.8 Å². The lowest BCUT2D eigenvalue weighted by Gasteiger charge is -2.47. The first-order chi connectivity index (χ1) is 35.1. The van der Waals surface area contributed by atoms with Crippen molar-refractivity contribution in [2.45, 2.75) is 127 Å². The average molecular weight is 1080 g/mol. The maximum absolute atomic E-state index is 14.6. The van der Waals surface area contributed by atoms with Crippen LogP contribution < -0.4 is 43.0 Å². The molecule has 0 unspecified atom stereocenters. The van der Waals surface area contributed by atoms with Gasteiger partial charge in [-0.1, -0.05) is 0 Å². The molecule has 75 heavy (non-hydrogen) atoms. The van der Waals surface area contributed by atoms with Gasteiger partial charge < -0.3 is 43.0 Å². The van der Waals surface area contributed by atoms with Crippen LogP contribution in [-0.4, -0.2) is 116 Å². The molecule has 0 radical (unpaired) electrons. The Hall–Kier alpha value is -6.01. The minimum Gasteiger partial charge on any atom is -0.399 e. The van der Waals surface area contributed by atoms with Gasteiger partial charge >= 0.3 is 12.4 Å². The molecule has 6 saturated heterocycles. The Labute approximate surface area is 434 Å². The number of anilines is 7. The van der Waals surface area contributed by atoms with E-state index in [-0.39, 0.29) is 101 Å². The highest BCUT2D eigenvalue weighted by Crippen LogP contribution is 2.44. The van der Waals surface area contributed by atoms with Gasteiger partial charge in [-0.3, -0.25) is 19.4 Å². The first kappa shape index (κ1) is 55.2. The molecule has 10 rings (SSSR count). The predicted octanol–water partition coefficient (Wildman–Crippen LogP) is 8.41. The molecule has 2 amide bonds. The number of nitrogens with zero attached hydrogens (tertiary/aromatic N) is 8. The first-order valence-corrected chi connectivity index (χ1v) is 25.3.